The van der Waals surface area contributed by atoms with Crippen LogP contribution in [0.1, 0.15) is 22.2 Å². The van der Waals surface area contributed by atoms with Gasteiger partial charge < -0.3 is 0 Å². The summed E-state index contributed by atoms with van der Waals surface area (Å²) in [4.78, 5) is 12.5. The van der Waals surface area contributed by atoms with Crippen molar-refractivity contribution in [2.24, 2.45) is 0 Å². The fraction of sp³-hybridized carbons (Fsp3) is 0.214. The molecule has 0 fully saturated rings. The number of carbonyl (C=O) groups is 1. The lowest BCUT2D eigenvalue weighted by atomic mass is 10.2. The van der Waals surface area contributed by atoms with Crippen LogP contribution >= 0.6 is 22.9 Å². The van der Waals surface area contributed by atoms with Crippen LogP contribution in [0.3, 0.4) is 0 Å². The minimum atomic E-state index is -3.54. The minimum Gasteiger partial charge on any atom is -0.292 e. The van der Waals surface area contributed by atoms with Crippen LogP contribution in [0.4, 0.5) is 0 Å². The molecule has 0 radical (unpaired) electrons. The maximum atomic E-state index is 12.3. The summed E-state index contributed by atoms with van der Waals surface area (Å²) < 4.78 is 25.0. The Morgan fingerprint density at radius 3 is 2.40 bits per heavy atom. The summed E-state index contributed by atoms with van der Waals surface area (Å²) in [5.74, 6) is -0.544. The lowest BCUT2D eigenvalue weighted by molar-refractivity contribution is 0.0995. The van der Waals surface area contributed by atoms with E-state index in [2.05, 4.69) is 0 Å². The van der Waals surface area contributed by atoms with Crippen LogP contribution in [0.25, 0.3) is 0 Å². The number of sulfone groups is 1. The molecule has 6 heteroatoms. The third-order valence-corrected chi connectivity index (χ3v) is 6.21. The molecule has 2 aromatic rings. The Hall–Kier alpha value is -1.17. The Bertz CT molecular complexity index is 705. The fourth-order valence-corrected chi connectivity index (χ4v) is 4.25. The number of benzene rings is 1. The Morgan fingerprint density at radius 2 is 1.85 bits per heavy atom. The third-order valence-electron chi connectivity index (χ3n) is 2.93. The summed E-state index contributed by atoms with van der Waals surface area (Å²) in [6, 6.07) is 12.0. The molecule has 3 nitrogen and oxygen atoms in total. The quantitative estimate of drug-likeness (QED) is 0.788. The van der Waals surface area contributed by atoms with Gasteiger partial charge in [-0.2, -0.15) is 0 Å². The molecule has 0 amide bonds. The second-order valence-corrected chi connectivity index (χ2v) is 8.44. The van der Waals surface area contributed by atoms with E-state index < -0.39 is 20.9 Å². The van der Waals surface area contributed by atoms with E-state index in [4.69, 9.17) is 11.6 Å². The molecule has 0 aliphatic heterocycles. The molecule has 0 aliphatic rings. The van der Waals surface area contributed by atoms with Crippen LogP contribution in [0.5, 0.6) is 0 Å². The maximum Gasteiger partial charge on any atom is 0.190 e. The standard InChI is InChI=1S/C14H13ClO3S2/c1-10(14(16)12-7-8-13(15)19-12)20(17,18)9-11-5-3-2-4-6-11/h2-8,10H,9H2,1H3. The van der Waals surface area contributed by atoms with Gasteiger partial charge in [0.25, 0.3) is 0 Å². The molecule has 1 unspecified atom stereocenters. The van der Waals surface area contributed by atoms with Gasteiger partial charge in [0.05, 0.1) is 15.0 Å². The summed E-state index contributed by atoms with van der Waals surface area (Å²) in [7, 11) is -3.54. The fourth-order valence-electron chi connectivity index (χ4n) is 1.74. The zero-order valence-corrected chi connectivity index (χ0v) is 13.1. The van der Waals surface area contributed by atoms with Crippen LogP contribution in [-0.4, -0.2) is 19.5 Å². The molecular formula is C14H13ClO3S2. The predicted molar refractivity (Wildman–Crippen MR) is 82.2 cm³/mol. The largest absolute Gasteiger partial charge is 0.292 e. The van der Waals surface area contributed by atoms with Crippen LogP contribution in [0, 0.1) is 0 Å². The first kappa shape index (κ1) is 15.2. The van der Waals surface area contributed by atoms with E-state index in [1.165, 1.54) is 6.92 Å². The Morgan fingerprint density at radius 1 is 1.20 bits per heavy atom. The number of carbonyl (C=O) groups excluding carboxylic acids is 1. The van der Waals surface area contributed by atoms with Gasteiger partial charge in [-0.15, -0.1) is 11.3 Å². The summed E-state index contributed by atoms with van der Waals surface area (Å²) in [5.41, 5.74) is 0.677. The van der Waals surface area contributed by atoms with E-state index in [1.54, 1.807) is 36.4 Å². The van der Waals surface area contributed by atoms with E-state index in [9.17, 15) is 13.2 Å². The van der Waals surface area contributed by atoms with Crippen molar-refractivity contribution in [3.05, 3.63) is 57.2 Å². The van der Waals surface area contributed by atoms with Gasteiger partial charge in [0, 0.05) is 0 Å². The molecule has 1 aromatic heterocycles. The molecular weight excluding hydrogens is 316 g/mol. The van der Waals surface area contributed by atoms with Crippen molar-refractivity contribution in [3.8, 4) is 0 Å². The van der Waals surface area contributed by atoms with Gasteiger partial charge in [-0.1, -0.05) is 41.9 Å². The minimum absolute atomic E-state index is 0.139. The number of halogens is 1. The SMILES string of the molecule is CC(C(=O)c1ccc(Cl)s1)S(=O)(=O)Cc1ccccc1. The molecule has 0 N–H and O–H groups in total. The third kappa shape index (κ3) is 3.48. The van der Waals surface area contributed by atoms with E-state index in [0.29, 0.717) is 14.8 Å². The predicted octanol–water partition coefficient (Wildman–Crippen LogP) is 3.59. The number of hydrogen-bond donors (Lipinski definition) is 0. The van der Waals surface area contributed by atoms with Crippen LogP contribution in [0.2, 0.25) is 4.34 Å². The highest BCUT2D eigenvalue weighted by molar-refractivity contribution is 7.92. The number of rotatable bonds is 5. The van der Waals surface area contributed by atoms with E-state index >= 15 is 0 Å². The van der Waals surface area contributed by atoms with Crippen LogP contribution in [0.15, 0.2) is 42.5 Å². The zero-order chi connectivity index (χ0) is 14.8. The van der Waals surface area contributed by atoms with Crippen molar-refractivity contribution in [2.45, 2.75) is 17.9 Å². The molecule has 106 valence electrons. The molecule has 20 heavy (non-hydrogen) atoms. The van der Waals surface area contributed by atoms with Gasteiger partial charge in [0.1, 0.15) is 5.25 Å². The first-order valence-electron chi connectivity index (χ1n) is 5.95. The van der Waals surface area contributed by atoms with Crippen molar-refractivity contribution >= 4 is 38.6 Å². The molecule has 0 bridgehead atoms. The van der Waals surface area contributed by atoms with Crippen molar-refractivity contribution in [1.82, 2.24) is 0 Å². The first-order chi connectivity index (χ1) is 9.40. The van der Waals surface area contributed by atoms with Gasteiger partial charge in [0.15, 0.2) is 15.6 Å². The highest BCUT2D eigenvalue weighted by Crippen LogP contribution is 2.24. The normalized spacial score (nSPS) is 13.1. The smallest absolute Gasteiger partial charge is 0.190 e. The van der Waals surface area contributed by atoms with Crippen LogP contribution < -0.4 is 0 Å². The monoisotopic (exact) mass is 328 g/mol. The maximum absolute atomic E-state index is 12.3. The second-order valence-electron chi connectivity index (χ2n) is 4.40. The molecule has 0 saturated carbocycles. The molecule has 0 aliphatic carbocycles. The topological polar surface area (TPSA) is 51.2 Å². The lowest BCUT2D eigenvalue weighted by Gasteiger charge is -2.11. The zero-order valence-electron chi connectivity index (χ0n) is 10.7. The van der Waals surface area contributed by atoms with Gasteiger partial charge in [-0.25, -0.2) is 8.42 Å². The Labute approximate surface area is 127 Å². The first-order valence-corrected chi connectivity index (χ1v) is 8.86. The highest BCUT2D eigenvalue weighted by atomic mass is 35.5. The van der Waals surface area contributed by atoms with E-state index in [1.807, 2.05) is 6.07 Å². The van der Waals surface area contributed by atoms with E-state index in [0.717, 1.165) is 11.3 Å². The number of thiophene rings is 1. The Balaban J connectivity index is 2.19. The highest BCUT2D eigenvalue weighted by Gasteiger charge is 2.29. The lowest BCUT2D eigenvalue weighted by Crippen LogP contribution is -2.28. The molecule has 1 atom stereocenters. The van der Waals surface area contributed by atoms with Crippen molar-refractivity contribution < 1.29 is 13.2 Å². The average Bonchev–Trinajstić information content (AvgIpc) is 2.84. The molecule has 0 saturated heterocycles. The molecule has 2 rings (SSSR count). The summed E-state index contributed by atoms with van der Waals surface area (Å²) >= 11 is 6.87. The number of Topliss-reactive ketones (excluding diaryl/α,β-unsaturated/α-hetero) is 1. The number of hydrogen-bond acceptors (Lipinski definition) is 4. The van der Waals surface area contributed by atoms with Crippen LogP contribution in [-0.2, 0) is 15.6 Å². The molecule has 1 heterocycles. The molecule has 1 aromatic carbocycles. The number of ketones is 1. The van der Waals surface area contributed by atoms with Crippen molar-refractivity contribution in [2.75, 3.05) is 0 Å². The molecule has 0 spiro atoms. The van der Waals surface area contributed by atoms with Crippen molar-refractivity contribution in [3.63, 3.8) is 0 Å². The van der Waals surface area contributed by atoms with Gasteiger partial charge in [-0.05, 0) is 24.6 Å². The summed E-state index contributed by atoms with van der Waals surface area (Å²) in [5, 5.41) is -1.07. The van der Waals surface area contributed by atoms with Gasteiger partial charge >= 0.3 is 0 Å². The average molecular weight is 329 g/mol. The van der Waals surface area contributed by atoms with Gasteiger partial charge in [0.2, 0.25) is 0 Å². The summed E-state index contributed by atoms with van der Waals surface area (Å²) in [6.07, 6.45) is 0. The van der Waals surface area contributed by atoms with Gasteiger partial charge in [-0.3, -0.25) is 4.79 Å². The van der Waals surface area contributed by atoms with E-state index in [-0.39, 0.29) is 5.75 Å². The Kier molecular flexibility index (Phi) is 4.62. The van der Waals surface area contributed by atoms with Crippen molar-refractivity contribution in [1.29, 1.82) is 0 Å². The summed E-state index contributed by atoms with van der Waals surface area (Å²) in [6.45, 7) is 1.42. The second kappa shape index (κ2) is 6.08.